The van der Waals surface area contributed by atoms with Gasteiger partial charge in [0.25, 0.3) is 0 Å². The Morgan fingerprint density at radius 3 is 1.37 bits per heavy atom. The minimum Gasteiger partial charge on any atom is -0.456 e. The van der Waals surface area contributed by atoms with E-state index in [1.807, 2.05) is 60.7 Å². The predicted octanol–water partition coefficient (Wildman–Crippen LogP) is 16.5. The maximum absolute atomic E-state index is 6.38. The number of hydrogen-bond acceptors (Lipinski definition) is 6. The van der Waals surface area contributed by atoms with E-state index in [-0.39, 0.29) is 0 Å². The summed E-state index contributed by atoms with van der Waals surface area (Å²) in [6, 6.07) is 71.8. The van der Waals surface area contributed by atoms with Crippen LogP contribution in [0.25, 0.3) is 149 Å². The highest BCUT2D eigenvalue weighted by Gasteiger charge is 2.21. The molecule has 5 aromatic heterocycles. The van der Waals surface area contributed by atoms with E-state index in [1.54, 1.807) is 0 Å². The number of nitrogens with zero attached hydrogens (tertiary/aromatic N) is 4. The van der Waals surface area contributed by atoms with Gasteiger partial charge in [0.05, 0.1) is 16.7 Å². The minimum absolute atomic E-state index is 0.531. The highest BCUT2D eigenvalue weighted by Crippen LogP contribution is 2.42. The van der Waals surface area contributed by atoms with Crippen LogP contribution in [0, 0.1) is 0 Å². The van der Waals surface area contributed by atoms with Gasteiger partial charge < -0.3 is 17.8 Å². The van der Waals surface area contributed by atoms with Gasteiger partial charge in [-0.2, -0.15) is 0 Å². The summed E-state index contributed by atoms with van der Waals surface area (Å²) in [7, 11) is 0. The Morgan fingerprint density at radius 1 is 0.279 bits per heavy atom. The van der Waals surface area contributed by atoms with Crippen molar-refractivity contribution in [3.05, 3.63) is 206 Å². The maximum atomic E-state index is 6.38. The average molecular weight is 871 g/mol. The fraction of sp³-hybridized carbons (Fsp3) is 0. The van der Waals surface area contributed by atoms with E-state index in [1.165, 1.54) is 21.5 Å². The van der Waals surface area contributed by atoms with Gasteiger partial charge in [0, 0.05) is 65.3 Å². The molecule has 0 N–H and O–H groups in total. The molecule has 15 rings (SSSR count). The first-order valence-electron chi connectivity index (χ1n) is 22.7. The summed E-state index contributed by atoms with van der Waals surface area (Å²) in [6.07, 6.45) is 0. The van der Waals surface area contributed by atoms with Gasteiger partial charge in [-0.15, -0.1) is 0 Å². The number of para-hydroxylation sites is 4. The van der Waals surface area contributed by atoms with E-state index in [9.17, 15) is 0 Å². The molecule has 0 amide bonds. The molecule has 0 spiro atoms. The van der Waals surface area contributed by atoms with Crippen LogP contribution >= 0.6 is 0 Å². The lowest BCUT2D eigenvalue weighted by atomic mass is 9.98. The van der Waals surface area contributed by atoms with Crippen LogP contribution in [0.15, 0.2) is 220 Å². The lowest BCUT2D eigenvalue weighted by Gasteiger charge is -2.16. The van der Waals surface area contributed by atoms with Crippen LogP contribution < -0.4 is 0 Å². The van der Waals surface area contributed by atoms with Gasteiger partial charge in [-0.25, -0.2) is 15.0 Å². The van der Waals surface area contributed by atoms with Crippen molar-refractivity contribution in [3.8, 4) is 51.0 Å². The molecule has 0 aliphatic carbocycles. The molecule has 68 heavy (non-hydrogen) atoms. The summed E-state index contributed by atoms with van der Waals surface area (Å²) in [5, 5.41) is 11.1. The van der Waals surface area contributed by atoms with Gasteiger partial charge in [-0.1, -0.05) is 115 Å². The molecule has 0 aliphatic heterocycles. The van der Waals surface area contributed by atoms with Crippen molar-refractivity contribution in [1.82, 2.24) is 19.5 Å². The second kappa shape index (κ2) is 14.1. The van der Waals surface area contributed by atoms with Crippen LogP contribution in [0.2, 0.25) is 0 Å². The highest BCUT2D eigenvalue weighted by atomic mass is 16.3. The maximum Gasteiger partial charge on any atom is 0.164 e. The van der Waals surface area contributed by atoms with E-state index < -0.39 is 0 Å². The standard InChI is InChI=1S/C61H34N4O3/c1-2-12-36-32-52-48(29-35(36)11-1)41-13-3-7-17-50(41)65(52)51-27-23-38(31-47(51)37-24-28-56-49(30-37)44-16-6-10-20-55(44)66-56)59-62-60(39-21-25-45-42-14-4-8-18-53(42)67-57(45)33-39)64-61(63-59)40-22-26-46-43-15-5-9-19-54(43)68-58(46)34-40/h1-34H. The van der Waals surface area contributed by atoms with Gasteiger partial charge >= 0.3 is 0 Å². The minimum atomic E-state index is 0.531. The van der Waals surface area contributed by atoms with Gasteiger partial charge in [0.1, 0.15) is 33.5 Å². The molecule has 7 nitrogen and oxygen atoms in total. The molecule has 0 bridgehead atoms. The fourth-order valence-electron chi connectivity index (χ4n) is 10.4. The van der Waals surface area contributed by atoms with Crippen molar-refractivity contribution in [2.24, 2.45) is 0 Å². The molecule has 15 aromatic rings. The van der Waals surface area contributed by atoms with Crippen LogP contribution in [0.4, 0.5) is 0 Å². The van der Waals surface area contributed by atoms with Crippen molar-refractivity contribution in [3.63, 3.8) is 0 Å². The lowest BCUT2D eigenvalue weighted by molar-refractivity contribution is 0.668. The summed E-state index contributed by atoms with van der Waals surface area (Å²) >= 11 is 0. The molecule has 0 radical (unpaired) electrons. The van der Waals surface area contributed by atoms with Gasteiger partial charge in [-0.05, 0) is 107 Å². The molecule has 316 valence electrons. The Balaban J connectivity index is 0.986. The Labute approximate surface area is 386 Å². The van der Waals surface area contributed by atoms with Crippen molar-refractivity contribution in [2.45, 2.75) is 0 Å². The molecule has 0 saturated carbocycles. The summed E-state index contributed by atoms with van der Waals surface area (Å²) in [6.45, 7) is 0. The zero-order chi connectivity index (χ0) is 44.5. The van der Waals surface area contributed by atoms with Crippen LogP contribution in [0.3, 0.4) is 0 Å². The van der Waals surface area contributed by atoms with Gasteiger partial charge in [0.2, 0.25) is 0 Å². The zero-order valence-corrected chi connectivity index (χ0v) is 36.1. The second-order valence-corrected chi connectivity index (χ2v) is 17.5. The van der Waals surface area contributed by atoms with Crippen LogP contribution in [-0.4, -0.2) is 19.5 Å². The summed E-state index contributed by atoms with van der Waals surface area (Å²) in [4.78, 5) is 15.8. The normalized spacial score (nSPS) is 12.1. The van der Waals surface area contributed by atoms with E-state index in [4.69, 9.17) is 28.2 Å². The molecule has 10 aromatic carbocycles. The number of benzene rings is 10. The highest BCUT2D eigenvalue weighted by molar-refractivity contribution is 6.15. The average Bonchev–Trinajstić information content (AvgIpc) is 4.16. The van der Waals surface area contributed by atoms with E-state index >= 15 is 0 Å². The summed E-state index contributed by atoms with van der Waals surface area (Å²) < 4.78 is 21.5. The molecule has 0 fully saturated rings. The third-order valence-electron chi connectivity index (χ3n) is 13.6. The predicted molar refractivity (Wildman–Crippen MR) is 275 cm³/mol. The first-order chi connectivity index (χ1) is 33.6. The molecule has 0 aliphatic rings. The molecule has 0 unspecified atom stereocenters. The molecule has 5 heterocycles. The topological polar surface area (TPSA) is 83.0 Å². The number of furan rings is 3. The molecule has 0 atom stereocenters. The van der Waals surface area contributed by atoms with Crippen molar-refractivity contribution >= 4 is 98.4 Å². The SMILES string of the molecule is c1ccc2cc3c(cc2c1)c1ccccc1n3-c1ccc(-c2nc(-c3ccc4c(c3)oc3ccccc34)nc(-c3ccc4c(c3)oc3ccccc34)n2)cc1-c1ccc2oc3ccccc3c2c1. The Kier molecular flexibility index (Phi) is 7.65. The second-order valence-electron chi connectivity index (χ2n) is 17.5. The van der Waals surface area contributed by atoms with Crippen molar-refractivity contribution in [1.29, 1.82) is 0 Å². The third-order valence-corrected chi connectivity index (χ3v) is 13.6. The quantitative estimate of drug-likeness (QED) is 0.171. The Morgan fingerprint density at radius 2 is 0.735 bits per heavy atom. The molecule has 7 heteroatoms. The van der Waals surface area contributed by atoms with Gasteiger partial charge in [-0.3, -0.25) is 0 Å². The Bertz CT molecular complexity index is 4460. The fourth-order valence-corrected chi connectivity index (χ4v) is 10.4. The molecular formula is C61H34N4O3. The Hall–Kier alpha value is -9.33. The summed E-state index contributed by atoms with van der Waals surface area (Å²) in [5.41, 5.74) is 12.7. The third kappa shape index (κ3) is 5.56. The van der Waals surface area contributed by atoms with Crippen molar-refractivity contribution < 1.29 is 13.3 Å². The number of aromatic nitrogens is 4. The van der Waals surface area contributed by atoms with Gasteiger partial charge in [0.15, 0.2) is 17.5 Å². The van der Waals surface area contributed by atoms with Crippen molar-refractivity contribution in [2.75, 3.05) is 0 Å². The van der Waals surface area contributed by atoms with Crippen LogP contribution in [0.1, 0.15) is 0 Å². The van der Waals surface area contributed by atoms with E-state index in [0.29, 0.717) is 17.5 Å². The largest absolute Gasteiger partial charge is 0.456 e. The number of fused-ring (bicyclic) bond motifs is 13. The molecule has 0 saturated heterocycles. The number of hydrogen-bond donors (Lipinski definition) is 0. The first-order valence-corrected chi connectivity index (χ1v) is 22.7. The van der Waals surface area contributed by atoms with Crippen LogP contribution in [-0.2, 0) is 0 Å². The number of rotatable bonds is 5. The van der Waals surface area contributed by atoms with E-state index in [0.717, 1.165) is 110 Å². The monoisotopic (exact) mass is 870 g/mol. The summed E-state index contributed by atoms with van der Waals surface area (Å²) in [5.74, 6) is 1.60. The van der Waals surface area contributed by atoms with Crippen LogP contribution in [0.5, 0.6) is 0 Å². The molecular weight excluding hydrogens is 837 g/mol. The lowest BCUT2D eigenvalue weighted by Crippen LogP contribution is -2.02. The zero-order valence-electron chi connectivity index (χ0n) is 36.1. The smallest absolute Gasteiger partial charge is 0.164 e. The first kappa shape index (κ1) is 36.9. The van der Waals surface area contributed by atoms with E-state index in [2.05, 4.69) is 150 Å².